The van der Waals surface area contributed by atoms with Crippen LogP contribution in [0.3, 0.4) is 0 Å². The normalized spacial score (nSPS) is 21.8. The average molecular weight is 774 g/mol. The zero-order valence-corrected chi connectivity index (χ0v) is 32.2. The van der Waals surface area contributed by atoms with Crippen molar-refractivity contribution in [2.75, 3.05) is 56.0 Å². The number of piperidine rings is 4. The number of nitrogens with one attached hydrogen (secondary N) is 2. The summed E-state index contributed by atoms with van der Waals surface area (Å²) in [5.41, 5.74) is 4.09. The Bertz CT molecular complexity index is 2100. The van der Waals surface area contributed by atoms with Gasteiger partial charge in [0, 0.05) is 63.3 Å². The van der Waals surface area contributed by atoms with E-state index in [1.165, 1.54) is 5.56 Å². The number of nitrogens with zero attached hydrogens (tertiary/aromatic N) is 7. The summed E-state index contributed by atoms with van der Waals surface area (Å²) in [7, 11) is -1.68. The quantitative estimate of drug-likeness (QED) is 0.226. The van der Waals surface area contributed by atoms with Crippen LogP contribution in [-0.2, 0) is 26.7 Å². The van der Waals surface area contributed by atoms with Gasteiger partial charge in [0.1, 0.15) is 0 Å². The molecule has 2 N–H and O–H groups in total. The SMILES string of the molecule is Cn1nc(C2CCC(=O)NC2=O)c2ccc(C3CCN(CC4CCN(c5cccc(S(=O)(=O)N6CCC(Nc7ncc(Cl)cn7)CC6)c5)CC4)CC3)cc21. The van der Waals surface area contributed by atoms with Crippen LogP contribution in [0, 0.1) is 5.92 Å². The predicted octanol–water partition coefficient (Wildman–Crippen LogP) is 4.90. The molecule has 4 fully saturated rings. The van der Waals surface area contributed by atoms with Gasteiger partial charge in [0.05, 0.1) is 39.4 Å². The number of fused-ring (bicyclic) bond motifs is 1. The molecule has 13 nitrogen and oxygen atoms in total. The number of aryl methyl sites for hydroxylation is 1. The van der Waals surface area contributed by atoms with Crippen molar-refractivity contribution in [3.8, 4) is 0 Å². The van der Waals surface area contributed by atoms with Crippen molar-refractivity contribution >= 4 is 56.0 Å². The number of sulfonamides is 1. The van der Waals surface area contributed by atoms with Gasteiger partial charge in [0.25, 0.3) is 0 Å². The Morgan fingerprint density at radius 2 is 1.63 bits per heavy atom. The summed E-state index contributed by atoms with van der Waals surface area (Å²) in [5.74, 6) is 0.747. The molecule has 0 bridgehead atoms. The largest absolute Gasteiger partial charge is 0.371 e. The average Bonchev–Trinajstić information content (AvgIpc) is 3.51. The second-order valence-electron chi connectivity index (χ2n) is 15.3. The van der Waals surface area contributed by atoms with E-state index in [2.05, 4.69) is 48.6 Å². The first kappa shape index (κ1) is 36.8. The smallest absolute Gasteiger partial charge is 0.243 e. The van der Waals surface area contributed by atoms with Crippen LogP contribution in [-0.4, -0.2) is 101 Å². The summed E-state index contributed by atoms with van der Waals surface area (Å²) in [6, 6.07) is 14.1. The molecule has 1 atom stereocenters. The van der Waals surface area contributed by atoms with Crippen LogP contribution >= 0.6 is 11.6 Å². The van der Waals surface area contributed by atoms with Gasteiger partial charge in [-0.25, -0.2) is 18.4 Å². The maximum Gasteiger partial charge on any atom is 0.243 e. The topological polar surface area (TPSA) is 146 Å². The lowest BCUT2D eigenvalue weighted by Gasteiger charge is -2.38. The maximum atomic E-state index is 13.7. The number of likely N-dealkylation sites (tertiary alicyclic amines) is 1. The Morgan fingerprint density at radius 1 is 0.889 bits per heavy atom. The van der Waals surface area contributed by atoms with Crippen molar-refractivity contribution in [1.82, 2.24) is 34.3 Å². The predicted molar refractivity (Wildman–Crippen MR) is 208 cm³/mol. The lowest BCUT2D eigenvalue weighted by Crippen LogP contribution is -2.42. The molecular formula is C39H48ClN9O4S. The van der Waals surface area contributed by atoms with E-state index >= 15 is 0 Å². The zero-order valence-electron chi connectivity index (χ0n) is 30.7. The van der Waals surface area contributed by atoms with Crippen LogP contribution in [0.15, 0.2) is 59.8 Å². The van der Waals surface area contributed by atoms with Gasteiger partial charge in [0.15, 0.2) is 0 Å². The molecule has 4 aromatic rings. The summed E-state index contributed by atoms with van der Waals surface area (Å²) < 4.78 is 30.8. The molecule has 6 heterocycles. The highest BCUT2D eigenvalue weighted by molar-refractivity contribution is 7.89. The van der Waals surface area contributed by atoms with Crippen LogP contribution in [0.2, 0.25) is 5.02 Å². The number of carbonyl (C=O) groups excluding carboxylic acids is 2. The molecule has 0 aliphatic carbocycles. The highest BCUT2D eigenvalue weighted by Crippen LogP contribution is 2.35. The second kappa shape index (κ2) is 15.6. The highest BCUT2D eigenvalue weighted by atomic mass is 35.5. The molecular weight excluding hydrogens is 726 g/mol. The van der Waals surface area contributed by atoms with E-state index in [-0.39, 0.29) is 17.9 Å². The fraction of sp³-hybridized carbons (Fsp3) is 0.513. The fourth-order valence-electron chi connectivity index (χ4n) is 8.76. The van der Waals surface area contributed by atoms with Gasteiger partial charge in [0.2, 0.25) is 27.8 Å². The molecule has 4 saturated heterocycles. The number of aromatic nitrogens is 4. The van der Waals surface area contributed by atoms with Gasteiger partial charge in [-0.15, -0.1) is 0 Å². The van der Waals surface area contributed by atoms with E-state index in [9.17, 15) is 18.0 Å². The van der Waals surface area contributed by atoms with E-state index < -0.39 is 15.9 Å². The number of carbonyl (C=O) groups is 2. The van der Waals surface area contributed by atoms with Gasteiger partial charge in [-0.3, -0.25) is 19.6 Å². The van der Waals surface area contributed by atoms with E-state index in [0.717, 1.165) is 80.7 Å². The van der Waals surface area contributed by atoms with Crippen LogP contribution in [0.1, 0.15) is 74.5 Å². The minimum Gasteiger partial charge on any atom is -0.371 e. The Hall–Kier alpha value is -4.11. The van der Waals surface area contributed by atoms with Crippen LogP contribution in [0.25, 0.3) is 10.9 Å². The first-order chi connectivity index (χ1) is 26.1. The van der Waals surface area contributed by atoms with E-state index in [1.54, 1.807) is 22.8 Å². The van der Waals surface area contributed by atoms with Crippen LogP contribution in [0.5, 0.6) is 0 Å². The molecule has 2 aromatic heterocycles. The standard InChI is InChI=1S/C39H48ClN9O4S/c1-46-35-21-28(5-6-33(35)37(45-46)34-7-8-36(50)44-38(34)51)27-11-15-47(16-12-27)25-26-9-17-48(18-10-26)31-3-2-4-32(22-31)54(52,53)49-19-13-30(14-20-49)43-39-41-23-29(40)24-42-39/h2-6,21-24,26-27,30,34H,7-20,25H2,1H3,(H,41,42,43)(H,44,50,51). The van der Waals surface area contributed by atoms with Gasteiger partial charge >= 0.3 is 0 Å². The third-order valence-electron chi connectivity index (χ3n) is 11.9. The third kappa shape index (κ3) is 7.84. The molecule has 0 spiro atoms. The third-order valence-corrected chi connectivity index (χ3v) is 14.0. The summed E-state index contributed by atoms with van der Waals surface area (Å²) in [6.45, 7) is 5.94. The molecule has 286 valence electrons. The fourth-order valence-corrected chi connectivity index (χ4v) is 10.4. The van der Waals surface area contributed by atoms with E-state index in [1.807, 2.05) is 29.9 Å². The van der Waals surface area contributed by atoms with Gasteiger partial charge < -0.3 is 15.1 Å². The summed E-state index contributed by atoms with van der Waals surface area (Å²) in [5, 5.41) is 12.0. The lowest BCUT2D eigenvalue weighted by molar-refractivity contribution is -0.134. The molecule has 15 heteroatoms. The zero-order chi connectivity index (χ0) is 37.4. The minimum atomic E-state index is -3.61. The Morgan fingerprint density at radius 3 is 2.35 bits per heavy atom. The first-order valence-corrected chi connectivity index (χ1v) is 21.0. The number of halogens is 1. The number of hydrogen-bond acceptors (Lipinski definition) is 10. The molecule has 8 rings (SSSR count). The van der Waals surface area contributed by atoms with Crippen molar-refractivity contribution in [2.45, 2.75) is 74.1 Å². The lowest BCUT2D eigenvalue weighted by atomic mass is 9.87. The number of hydrogen-bond donors (Lipinski definition) is 2. The number of rotatable bonds is 9. The van der Waals surface area contributed by atoms with Gasteiger partial charge in [-0.2, -0.15) is 9.40 Å². The summed E-state index contributed by atoms with van der Waals surface area (Å²) in [6.07, 6.45) is 9.66. The molecule has 1 unspecified atom stereocenters. The van der Waals surface area contributed by atoms with E-state index in [0.29, 0.717) is 66.5 Å². The number of imide groups is 1. The van der Waals surface area contributed by atoms with Gasteiger partial charge in [-0.1, -0.05) is 29.8 Å². The summed E-state index contributed by atoms with van der Waals surface area (Å²) >= 11 is 5.90. The number of amides is 2. The monoisotopic (exact) mass is 773 g/mol. The maximum absolute atomic E-state index is 13.7. The van der Waals surface area contributed by atoms with Crippen molar-refractivity contribution in [3.63, 3.8) is 0 Å². The molecule has 2 aromatic carbocycles. The van der Waals surface area contributed by atoms with E-state index in [4.69, 9.17) is 16.7 Å². The Kier molecular flexibility index (Phi) is 10.6. The Balaban J connectivity index is 0.808. The first-order valence-electron chi connectivity index (χ1n) is 19.2. The van der Waals surface area contributed by atoms with Crippen molar-refractivity contribution in [3.05, 3.63) is 71.1 Å². The van der Waals surface area contributed by atoms with Crippen molar-refractivity contribution < 1.29 is 18.0 Å². The molecule has 0 radical (unpaired) electrons. The van der Waals surface area contributed by atoms with Crippen LogP contribution in [0.4, 0.5) is 11.6 Å². The number of anilines is 2. The second-order valence-corrected chi connectivity index (χ2v) is 17.7. The molecule has 54 heavy (non-hydrogen) atoms. The molecule has 4 aliphatic rings. The van der Waals surface area contributed by atoms with Crippen molar-refractivity contribution in [1.29, 1.82) is 0 Å². The molecule has 2 amide bonds. The Labute approximate surface area is 321 Å². The molecule has 4 aliphatic heterocycles. The highest BCUT2D eigenvalue weighted by Gasteiger charge is 2.33. The number of benzene rings is 2. The minimum absolute atomic E-state index is 0.0997. The van der Waals surface area contributed by atoms with Crippen LogP contribution < -0.4 is 15.5 Å². The molecule has 0 saturated carbocycles. The van der Waals surface area contributed by atoms with Crippen molar-refractivity contribution in [2.24, 2.45) is 13.0 Å². The summed E-state index contributed by atoms with van der Waals surface area (Å²) in [4.78, 5) is 38.0. The van der Waals surface area contributed by atoms with Gasteiger partial charge in [-0.05, 0) is 99.7 Å².